The number of methoxy groups -OCH3 is 2. The molecule has 0 amide bonds. The molecule has 1 aromatic rings. The van der Waals surface area contributed by atoms with Gasteiger partial charge in [0.1, 0.15) is 17.1 Å². The minimum Gasteiger partial charge on any atom is -0.497 e. The van der Waals surface area contributed by atoms with Crippen molar-refractivity contribution in [2.45, 2.75) is 13.3 Å². The van der Waals surface area contributed by atoms with E-state index in [4.69, 9.17) is 13.9 Å². The molecule has 142 valence electrons. The summed E-state index contributed by atoms with van der Waals surface area (Å²) in [7, 11) is 2.99. The van der Waals surface area contributed by atoms with Gasteiger partial charge in [0.2, 0.25) is 0 Å². The zero-order valence-corrected chi connectivity index (χ0v) is 15.9. The first-order valence-corrected chi connectivity index (χ1v) is 9.02. The van der Waals surface area contributed by atoms with Crippen molar-refractivity contribution in [3.8, 4) is 17.1 Å². The van der Waals surface area contributed by atoms with E-state index >= 15 is 0 Å². The van der Waals surface area contributed by atoms with Gasteiger partial charge in [0.05, 0.1) is 20.1 Å². The Balaban J connectivity index is 2.08. The van der Waals surface area contributed by atoms with Crippen molar-refractivity contribution in [2.75, 3.05) is 14.2 Å². The summed E-state index contributed by atoms with van der Waals surface area (Å²) in [5, 5.41) is 0.847. The van der Waals surface area contributed by atoms with Crippen LogP contribution in [0.3, 0.4) is 0 Å². The number of carbonyl (C=O) groups is 1. The zero-order valence-electron chi connectivity index (χ0n) is 15.9. The molecular formula is C23H20O5. The van der Waals surface area contributed by atoms with Crippen LogP contribution in [0.15, 0.2) is 63.3 Å². The fourth-order valence-electron chi connectivity index (χ4n) is 3.75. The molecule has 0 saturated heterocycles. The average molecular weight is 376 g/mol. The number of fused-ring (bicyclic) bond motifs is 2. The Kier molecular flexibility index (Phi) is 4.51. The van der Waals surface area contributed by atoms with Crippen molar-refractivity contribution in [1.82, 2.24) is 0 Å². The summed E-state index contributed by atoms with van der Waals surface area (Å²) in [5.41, 5.74) is 4.07. The lowest BCUT2D eigenvalue weighted by molar-refractivity contribution is -0.143. The first kappa shape index (κ1) is 18.0. The third-order valence-corrected chi connectivity index (χ3v) is 5.12. The molecule has 5 heteroatoms. The molecule has 0 fully saturated rings. The summed E-state index contributed by atoms with van der Waals surface area (Å²) >= 11 is 0. The summed E-state index contributed by atoms with van der Waals surface area (Å²) in [6, 6.07) is 10.3. The first-order valence-electron chi connectivity index (χ1n) is 9.02. The fraction of sp³-hybridized carbons (Fsp3) is 0.217. The lowest BCUT2D eigenvalue weighted by Crippen LogP contribution is -2.20. The van der Waals surface area contributed by atoms with E-state index in [0.29, 0.717) is 23.5 Å². The molecule has 1 heterocycles. The van der Waals surface area contributed by atoms with E-state index in [1.165, 1.54) is 19.2 Å². The van der Waals surface area contributed by atoms with E-state index in [-0.39, 0.29) is 11.4 Å². The van der Waals surface area contributed by atoms with Gasteiger partial charge in [-0.3, -0.25) is 9.59 Å². The number of ether oxygens (including phenoxy) is 2. The maximum Gasteiger partial charge on any atom is 0.313 e. The van der Waals surface area contributed by atoms with E-state index in [2.05, 4.69) is 0 Å². The smallest absolute Gasteiger partial charge is 0.313 e. The van der Waals surface area contributed by atoms with Gasteiger partial charge >= 0.3 is 5.97 Å². The Morgan fingerprint density at radius 1 is 1.11 bits per heavy atom. The summed E-state index contributed by atoms with van der Waals surface area (Å²) < 4.78 is 16.4. The molecule has 1 aliphatic heterocycles. The van der Waals surface area contributed by atoms with Gasteiger partial charge in [-0.25, -0.2) is 0 Å². The van der Waals surface area contributed by atoms with Gasteiger partial charge in [0.25, 0.3) is 0 Å². The summed E-state index contributed by atoms with van der Waals surface area (Å²) in [6.45, 7) is 1.99. The number of hydrogen-bond acceptors (Lipinski definition) is 5. The molecule has 2 aliphatic carbocycles. The second-order valence-corrected chi connectivity index (χ2v) is 6.91. The molecule has 0 radical (unpaired) electrons. The van der Waals surface area contributed by atoms with Crippen LogP contribution in [0.25, 0.3) is 27.9 Å². The molecule has 1 unspecified atom stereocenters. The van der Waals surface area contributed by atoms with Crippen molar-refractivity contribution in [1.29, 1.82) is 0 Å². The second-order valence-electron chi connectivity index (χ2n) is 6.91. The highest BCUT2D eigenvalue weighted by Gasteiger charge is 2.31. The topological polar surface area (TPSA) is 65.7 Å². The van der Waals surface area contributed by atoms with E-state index in [9.17, 15) is 9.59 Å². The number of hydrogen-bond donors (Lipinski definition) is 0. The predicted molar refractivity (Wildman–Crippen MR) is 108 cm³/mol. The van der Waals surface area contributed by atoms with Gasteiger partial charge in [0, 0.05) is 28.6 Å². The summed E-state index contributed by atoms with van der Waals surface area (Å²) in [4.78, 5) is 24.4. The van der Waals surface area contributed by atoms with Gasteiger partial charge in [-0.05, 0) is 43.2 Å². The molecule has 5 nitrogen and oxygen atoms in total. The van der Waals surface area contributed by atoms with Crippen LogP contribution >= 0.6 is 0 Å². The Bertz CT molecular complexity index is 1170. The minimum absolute atomic E-state index is 0.137. The van der Waals surface area contributed by atoms with Crippen molar-refractivity contribution in [3.63, 3.8) is 0 Å². The van der Waals surface area contributed by atoms with Crippen molar-refractivity contribution >= 4 is 22.5 Å². The van der Waals surface area contributed by atoms with Crippen LogP contribution in [0.1, 0.15) is 18.9 Å². The van der Waals surface area contributed by atoms with Crippen LogP contribution in [0.2, 0.25) is 0 Å². The molecule has 3 aliphatic rings. The summed E-state index contributed by atoms with van der Waals surface area (Å²) in [5.74, 6) is 0.421. The van der Waals surface area contributed by atoms with Gasteiger partial charge in [-0.1, -0.05) is 17.7 Å². The van der Waals surface area contributed by atoms with Crippen molar-refractivity contribution in [2.24, 2.45) is 5.92 Å². The molecule has 28 heavy (non-hydrogen) atoms. The van der Waals surface area contributed by atoms with E-state index in [0.717, 1.165) is 27.7 Å². The molecule has 0 spiro atoms. The molecular weight excluding hydrogens is 356 g/mol. The van der Waals surface area contributed by atoms with Crippen LogP contribution in [0, 0.1) is 5.92 Å². The van der Waals surface area contributed by atoms with Gasteiger partial charge in [-0.15, -0.1) is 0 Å². The van der Waals surface area contributed by atoms with E-state index < -0.39 is 5.92 Å². The lowest BCUT2D eigenvalue weighted by atomic mass is 9.80. The molecule has 0 bridgehead atoms. The van der Waals surface area contributed by atoms with Crippen molar-refractivity contribution in [3.05, 3.63) is 69.9 Å². The van der Waals surface area contributed by atoms with Gasteiger partial charge in [0.15, 0.2) is 5.43 Å². The van der Waals surface area contributed by atoms with E-state index in [1.54, 1.807) is 19.2 Å². The molecule has 4 rings (SSSR count). The monoisotopic (exact) mass is 376 g/mol. The maximum absolute atomic E-state index is 12.5. The molecule has 0 aromatic heterocycles. The Morgan fingerprint density at radius 3 is 2.68 bits per heavy atom. The highest BCUT2D eigenvalue weighted by Crippen LogP contribution is 2.43. The highest BCUT2D eigenvalue weighted by atomic mass is 16.5. The zero-order chi connectivity index (χ0) is 19.8. The second kappa shape index (κ2) is 7.00. The number of carbonyl (C=O) groups excluding carboxylic acids is 1. The van der Waals surface area contributed by atoms with Crippen LogP contribution in [-0.2, 0) is 9.53 Å². The normalized spacial score (nSPS) is 16.6. The maximum atomic E-state index is 12.5. The fourth-order valence-corrected chi connectivity index (χ4v) is 3.75. The third-order valence-electron chi connectivity index (χ3n) is 5.12. The van der Waals surface area contributed by atoms with Crippen LogP contribution in [0.5, 0.6) is 5.75 Å². The third kappa shape index (κ3) is 2.99. The first-order chi connectivity index (χ1) is 13.5. The standard InChI is InChI=1S/C23H20O5/c1-13-4-7-16(19(10-13)23(25)27-3)22-17-8-5-14(24)11-20(17)28-21-12-15(26-2)6-9-18(21)22/h4-9,11-12,19H,10H2,1-3H3. The van der Waals surface area contributed by atoms with Gasteiger partial charge < -0.3 is 13.9 Å². The predicted octanol–water partition coefficient (Wildman–Crippen LogP) is 4.43. The molecule has 0 N–H and O–H groups in total. The number of rotatable bonds is 3. The quantitative estimate of drug-likeness (QED) is 0.500. The number of benzene rings is 2. The largest absolute Gasteiger partial charge is 0.497 e. The average Bonchev–Trinajstić information content (AvgIpc) is 2.71. The molecule has 1 aromatic carbocycles. The summed E-state index contributed by atoms with van der Waals surface area (Å²) in [6.07, 6.45) is 4.56. The Hall–Kier alpha value is -3.34. The van der Waals surface area contributed by atoms with Crippen LogP contribution in [0.4, 0.5) is 0 Å². The Labute approximate surface area is 162 Å². The minimum atomic E-state index is -0.419. The molecule has 1 atom stereocenters. The lowest BCUT2D eigenvalue weighted by Gasteiger charge is -2.25. The number of allylic oxidation sites excluding steroid dienone is 3. The van der Waals surface area contributed by atoms with E-state index in [1.807, 2.05) is 31.2 Å². The van der Waals surface area contributed by atoms with Crippen molar-refractivity contribution < 1.29 is 18.7 Å². The highest BCUT2D eigenvalue weighted by molar-refractivity contribution is 6.03. The SMILES string of the molecule is COC(=O)C1CC(C)=CC=C1c1c2ccc(=O)cc-2oc2cc(OC)ccc12. The Morgan fingerprint density at radius 2 is 1.93 bits per heavy atom. The molecule has 0 saturated carbocycles. The van der Waals surface area contributed by atoms with Crippen LogP contribution < -0.4 is 10.2 Å². The van der Waals surface area contributed by atoms with Crippen LogP contribution in [-0.4, -0.2) is 20.2 Å². The number of esters is 1. The van der Waals surface area contributed by atoms with Gasteiger partial charge in [-0.2, -0.15) is 0 Å².